The summed E-state index contributed by atoms with van der Waals surface area (Å²) in [6.45, 7) is 0.364. The molecular weight excluding hydrogens is 466 g/mol. The van der Waals surface area contributed by atoms with Crippen molar-refractivity contribution in [3.05, 3.63) is 35.0 Å². The van der Waals surface area contributed by atoms with Crippen molar-refractivity contribution < 1.29 is 22.7 Å². The summed E-state index contributed by atoms with van der Waals surface area (Å²) in [6.07, 6.45) is -3.86. The molecule has 0 unspecified atom stereocenters. The normalized spacial score (nSPS) is 13.6. The molecule has 138 valence electrons. The Morgan fingerprint density at radius 3 is 2.69 bits per heavy atom. The van der Waals surface area contributed by atoms with E-state index in [2.05, 4.69) is 20.6 Å². The van der Waals surface area contributed by atoms with Gasteiger partial charge < -0.3 is 15.4 Å². The Morgan fingerprint density at radius 1 is 1.35 bits per heavy atom. The number of hydrogen-bond donors (Lipinski definition) is 2. The van der Waals surface area contributed by atoms with Crippen molar-refractivity contribution >= 4 is 46.2 Å². The van der Waals surface area contributed by atoms with Crippen LogP contribution in [-0.2, 0) is 12.7 Å². The Kier molecular flexibility index (Phi) is 4.82. The topological polar surface area (TPSA) is 79.4 Å². The highest BCUT2D eigenvalue weighted by Crippen LogP contribution is 2.39. The summed E-state index contributed by atoms with van der Waals surface area (Å²) < 4.78 is 45.7. The number of hydrogen-bond acceptors (Lipinski definition) is 6. The molecule has 0 saturated carbocycles. The quantitative estimate of drug-likeness (QED) is 0.516. The Bertz CT molecular complexity index is 875. The summed E-state index contributed by atoms with van der Waals surface area (Å²) in [7, 11) is 2.80. The first kappa shape index (κ1) is 18.5. The Morgan fingerprint density at radius 2 is 2.08 bits per heavy atom. The minimum Gasteiger partial charge on any atom is -0.494 e. The summed E-state index contributed by atoms with van der Waals surface area (Å²) >= 11 is 1.91. The average molecular weight is 479 g/mol. The number of ether oxygens (including phenoxy) is 1. The van der Waals surface area contributed by atoms with Crippen LogP contribution in [0, 0.1) is 0 Å². The van der Waals surface area contributed by atoms with E-state index in [0.717, 1.165) is 0 Å². The molecule has 1 aromatic heterocycles. The minimum absolute atomic E-state index is 0.0312. The van der Waals surface area contributed by atoms with Crippen molar-refractivity contribution in [2.24, 2.45) is 0 Å². The van der Waals surface area contributed by atoms with Gasteiger partial charge in [-0.2, -0.15) is 18.2 Å². The molecule has 2 aromatic rings. The summed E-state index contributed by atoms with van der Waals surface area (Å²) in [6, 6.07) is 3.23. The molecule has 0 aliphatic carbocycles. The lowest BCUT2D eigenvalue weighted by Crippen LogP contribution is -2.12. The van der Waals surface area contributed by atoms with E-state index in [-0.39, 0.29) is 17.7 Å². The van der Waals surface area contributed by atoms with Crippen molar-refractivity contribution in [2.45, 2.75) is 12.7 Å². The van der Waals surface area contributed by atoms with E-state index in [9.17, 15) is 18.0 Å². The van der Waals surface area contributed by atoms with Gasteiger partial charge in [-0.3, -0.25) is 7.91 Å². The van der Waals surface area contributed by atoms with Gasteiger partial charge in [0.25, 0.3) is 5.91 Å². The monoisotopic (exact) mass is 479 g/mol. The summed E-state index contributed by atoms with van der Waals surface area (Å²) in [5.74, 6) is -0.0850. The van der Waals surface area contributed by atoms with Crippen LogP contribution in [0.25, 0.3) is 0 Å². The van der Waals surface area contributed by atoms with Crippen LogP contribution in [0.3, 0.4) is 0 Å². The molecule has 0 spiro atoms. The van der Waals surface area contributed by atoms with Gasteiger partial charge in [-0.05, 0) is 12.1 Å². The van der Waals surface area contributed by atoms with Crippen LogP contribution in [0.5, 0.6) is 5.75 Å². The maximum atomic E-state index is 12.9. The average Bonchev–Trinajstić information content (AvgIpc) is 2.88. The number of alkyl halides is 3. The maximum absolute atomic E-state index is 12.9. The number of rotatable bonds is 4. The van der Waals surface area contributed by atoms with Crippen molar-refractivity contribution in [1.82, 2.24) is 13.1 Å². The third-order valence-corrected chi connectivity index (χ3v) is 4.57. The van der Waals surface area contributed by atoms with Gasteiger partial charge in [0.2, 0.25) is 5.95 Å². The number of methoxy groups -OCH3 is 1. The predicted octanol–water partition coefficient (Wildman–Crippen LogP) is 3.60. The van der Waals surface area contributed by atoms with Crippen LogP contribution >= 0.6 is 22.9 Å². The van der Waals surface area contributed by atoms with Gasteiger partial charge in [-0.15, -0.1) is 0 Å². The lowest BCUT2D eigenvalue weighted by molar-refractivity contribution is -0.137. The van der Waals surface area contributed by atoms with Gasteiger partial charge in [0.15, 0.2) is 0 Å². The Balaban J connectivity index is 1.98. The number of nitrogens with one attached hydrogen (secondary N) is 2. The first-order valence-electron chi connectivity index (χ1n) is 7.32. The Hall–Kier alpha value is -2.31. The van der Waals surface area contributed by atoms with Crippen LogP contribution in [0.15, 0.2) is 18.3 Å². The number of aromatic nitrogens is 2. The SMILES string of the molecule is CNc1nc(Nc2ccc3c(c2OC)CN(I)C3=O)ncc1C(F)(F)F. The fourth-order valence-electron chi connectivity index (χ4n) is 2.62. The molecule has 1 aliphatic heterocycles. The number of amides is 1. The molecule has 2 N–H and O–H groups in total. The van der Waals surface area contributed by atoms with E-state index >= 15 is 0 Å². The highest BCUT2D eigenvalue weighted by molar-refractivity contribution is 14.1. The zero-order valence-corrected chi connectivity index (χ0v) is 15.8. The smallest absolute Gasteiger partial charge is 0.421 e. The van der Waals surface area contributed by atoms with Gasteiger partial charge >= 0.3 is 6.18 Å². The molecule has 2 heterocycles. The molecule has 1 amide bonds. The van der Waals surface area contributed by atoms with Gasteiger partial charge in [0.05, 0.1) is 42.2 Å². The van der Waals surface area contributed by atoms with Crippen LogP contribution in [-0.4, -0.2) is 33.1 Å². The number of carbonyl (C=O) groups is 1. The van der Waals surface area contributed by atoms with E-state index in [0.29, 0.717) is 35.3 Å². The lowest BCUT2D eigenvalue weighted by Gasteiger charge is -2.15. The fourth-order valence-corrected chi connectivity index (χ4v) is 3.22. The highest BCUT2D eigenvalue weighted by atomic mass is 127. The molecule has 0 fully saturated rings. The number of benzene rings is 1. The number of anilines is 3. The van der Waals surface area contributed by atoms with Gasteiger partial charge in [-0.25, -0.2) is 4.98 Å². The largest absolute Gasteiger partial charge is 0.494 e. The first-order valence-corrected chi connectivity index (χ1v) is 8.29. The van der Waals surface area contributed by atoms with Crippen LogP contribution in [0.4, 0.5) is 30.6 Å². The molecule has 0 saturated heterocycles. The van der Waals surface area contributed by atoms with Gasteiger partial charge in [0.1, 0.15) is 17.1 Å². The van der Waals surface area contributed by atoms with E-state index < -0.39 is 11.7 Å². The third-order valence-electron chi connectivity index (χ3n) is 3.79. The van der Waals surface area contributed by atoms with Crippen molar-refractivity contribution in [2.75, 3.05) is 24.8 Å². The zero-order valence-electron chi connectivity index (χ0n) is 13.6. The number of carbonyl (C=O) groups excluding carboxylic acids is 1. The van der Waals surface area contributed by atoms with Crippen molar-refractivity contribution in [3.8, 4) is 5.75 Å². The van der Waals surface area contributed by atoms with Crippen LogP contribution in [0.1, 0.15) is 21.5 Å². The van der Waals surface area contributed by atoms with Crippen molar-refractivity contribution in [3.63, 3.8) is 0 Å². The molecule has 11 heteroatoms. The summed E-state index contributed by atoms with van der Waals surface area (Å²) in [5, 5.41) is 5.26. The predicted molar refractivity (Wildman–Crippen MR) is 96.8 cm³/mol. The second-order valence-corrected chi connectivity index (χ2v) is 6.49. The molecular formula is C15H13F3IN5O2. The van der Waals surface area contributed by atoms with Crippen molar-refractivity contribution in [1.29, 1.82) is 0 Å². The van der Waals surface area contributed by atoms with Crippen LogP contribution < -0.4 is 15.4 Å². The van der Waals surface area contributed by atoms with E-state index in [1.165, 1.54) is 17.3 Å². The minimum atomic E-state index is -4.56. The molecule has 3 rings (SSSR count). The van der Waals surface area contributed by atoms with Gasteiger partial charge in [0, 0.05) is 24.4 Å². The molecule has 7 nitrogen and oxygen atoms in total. The second kappa shape index (κ2) is 6.78. The molecule has 0 bridgehead atoms. The van der Waals surface area contributed by atoms with E-state index in [1.807, 2.05) is 22.9 Å². The molecule has 1 aromatic carbocycles. The van der Waals surface area contributed by atoms with E-state index in [4.69, 9.17) is 4.74 Å². The van der Waals surface area contributed by atoms with E-state index in [1.54, 1.807) is 12.1 Å². The molecule has 26 heavy (non-hydrogen) atoms. The lowest BCUT2D eigenvalue weighted by atomic mass is 10.1. The zero-order chi connectivity index (χ0) is 19.1. The number of fused-ring (bicyclic) bond motifs is 1. The second-order valence-electron chi connectivity index (χ2n) is 5.33. The molecule has 0 atom stereocenters. The number of nitrogens with zero attached hydrogens (tertiary/aromatic N) is 3. The summed E-state index contributed by atoms with van der Waals surface area (Å²) in [4.78, 5) is 19.6. The summed E-state index contributed by atoms with van der Waals surface area (Å²) in [5.41, 5.74) is 0.703. The standard InChI is InChI=1S/C15H13F3IN5O2/c1-20-12-9(15(16,17)18)5-21-14(23-12)22-10-4-3-7-8(11(10)26-2)6-24(19)13(7)25/h3-5H,6H2,1-2H3,(H2,20,21,22,23). The fraction of sp³-hybridized carbons (Fsp3) is 0.267. The van der Waals surface area contributed by atoms with Crippen LogP contribution in [0.2, 0.25) is 0 Å². The molecule has 0 radical (unpaired) electrons. The maximum Gasteiger partial charge on any atom is 0.421 e. The third kappa shape index (κ3) is 3.22. The molecule has 1 aliphatic rings. The Labute approximate surface area is 160 Å². The number of halogens is 4. The highest BCUT2D eigenvalue weighted by Gasteiger charge is 2.35. The van der Waals surface area contributed by atoms with Gasteiger partial charge in [-0.1, -0.05) is 0 Å². The first-order chi connectivity index (χ1) is 12.3.